The standard InChI is InChI=1S/C14H10Cl3IN2O3/c1-14(21-2-3-22-14)8-6-11(19-20-13(8)17)23-12-9(15)4-7(18)5-10(12)16/h4-6H,2-3H2,1H3. The second-order valence-corrected chi connectivity index (χ2v) is 7.25. The summed E-state index contributed by atoms with van der Waals surface area (Å²) in [5.74, 6) is -0.491. The van der Waals surface area contributed by atoms with Gasteiger partial charge in [0.05, 0.1) is 28.8 Å². The fourth-order valence-corrected chi connectivity index (χ4v) is 3.95. The van der Waals surface area contributed by atoms with Crippen LogP contribution in [0.4, 0.5) is 0 Å². The molecule has 0 amide bonds. The van der Waals surface area contributed by atoms with E-state index in [2.05, 4.69) is 32.8 Å². The fraction of sp³-hybridized carbons (Fsp3) is 0.286. The second-order valence-electron chi connectivity index (χ2n) is 4.83. The maximum Gasteiger partial charge on any atom is 0.239 e. The highest BCUT2D eigenvalue weighted by Crippen LogP contribution is 2.39. The van der Waals surface area contributed by atoms with Crippen molar-refractivity contribution in [3.8, 4) is 11.6 Å². The van der Waals surface area contributed by atoms with Gasteiger partial charge in [0.2, 0.25) is 5.88 Å². The number of hydrogen-bond donors (Lipinski definition) is 0. The predicted octanol–water partition coefficient (Wildman–Crippen LogP) is 5.05. The Morgan fingerprint density at radius 2 is 1.70 bits per heavy atom. The molecule has 9 heteroatoms. The van der Waals surface area contributed by atoms with E-state index in [1.807, 2.05) is 0 Å². The van der Waals surface area contributed by atoms with Gasteiger partial charge < -0.3 is 14.2 Å². The molecule has 1 fully saturated rings. The molecule has 3 rings (SSSR count). The molecule has 122 valence electrons. The van der Waals surface area contributed by atoms with Gasteiger partial charge in [-0.1, -0.05) is 34.8 Å². The lowest BCUT2D eigenvalue weighted by Crippen LogP contribution is -2.23. The van der Waals surface area contributed by atoms with Crippen molar-refractivity contribution in [1.82, 2.24) is 10.2 Å². The third kappa shape index (κ3) is 3.67. The first kappa shape index (κ1) is 17.4. The smallest absolute Gasteiger partial charge is 0.239 e. The van der Waals surface area contributed by atoms with E-state index in [1.54, 1.807) is 25.1 Å². The number of rotatable bonds is 3. The number of halogens is 4. The average molecular weight is 488 g/mol. The molecule has 0 unspecified atom stereocenters. The highest BCUT2D eigenvalue weighted by atomic mass is 127. The van der Waals surface area contributed by atoms with E-state index in [9.17, 15) is 0 Å². The molecule has 1 saturated heterocycles. The molecule has 0 spiro atoms. The minimum absolute atomic E-state index is 0.182. The minimum atomic E-state index is -0.981. The SMILES string of the molecule is CC1(c2cc(Oc3c(Cl)cc(I)cc3Cl)nnc2Cl)OCCO1. The number of ether oxygens (including phenoxy) is 3. The van der Waals surface area contributed by atoms with Crippen molar-refractivity contribution >= 4 is 57.4 Å². The Balaban J connectivity index is 1.96. The number of benzene rings is 1. The van der Waals surface area contributed by atoms with E-state index in [4.69, 9.17) is 49.0 Å². The normalized spacial score (nSPS) is 16.6. The summed E-state index contributed by atoms with van der Waals surface area (Å²) in [6.07, 6.45) is 0. The fourth-order valence-electron chi connectivity index (χ4n) is 2.13. The van der Waals surface area contributed by atoms with Crippen molar-refractivity contribution in [1.29, 1.82) is 0 Å². The van der Waals surface area contributed by atoms with Crippen LogP contribution in [0, 0.1) is 3.57 Å². The second kappa shape index (κ2) is 6.85. The first-order chi connectivity index (χ1) is 10.9. The molecule has 0 aliphatic carbocycles. The monoisotopic (exact) mass is 486 g/mol. The summed E-state index contributed by atoms with van der Waals surface area (Å²) in [6.45, 7) is 2.71. The van der Waals surface area contributed by atoms with E-state index < -0.39 is 5.79 Å². The quantitative estimate of drug-likeness (QED) is 0.567. The van der Waals surface area contributed by atoms with E-state index in [0.717, 1.165) is 3.57 Å². The lowest BCUT2D eigenvalue weighted by Gasteiger charge is -2.23. The van der Waals surface area contributed by atoms with Crippen LogP contribution in [-0.4, -0.2) is 23.4 Å². The van der Waals surface area contributed by atoms with Crippen LogP contribution in [0.15, 0.2) is 18.2 Å². The Morgan fingerprint density at radius 3 is 2.30 bits per heavy atom. The molecule has 1 aromatic carbocycles. The molecule has 0 atom stereocenters. The van der Waals surface area contributed by atoms with Gasteiger partial charge in [0.25, 0.3) is 0 Å². The lowest BCUT2D eigenvalue weighted by molar-refractivity contribution is -0.150. The van der Waals surface area contributed by atoms with Crippen molar-refractivity contribution < 1.29 is 14.2 Å². The lowest BCUT2D eigenvalue weighted by atomic mass is 10.1. The molecule has 1 aromatic heterocycles. The largest absolute Gasteiger partial charge is 0.434 e. The number of aromatic nitrogens is 2. The molecule has 2 heterocycles. The van der Waals surface area contributed by atoms with Gasteiger partial charge in [-0.15, -0.1) is 10.2 Å². The van der Waals surface area contributed by atoms with Gasteiger partial charge in [0.15, 0.2) is 16.7 Å². The Labute approximate surface area is 161 Å². The number of hydrogen-bond acceptors (Lipinski definition) is 5. The highest BCUT2D eigenvalue weighted by molar-refractivity contribution is 14.1. The van der Waals surface area contributed by atoms with Gasteiger partial charge in [-0.25, -0.2) is 0 Å². The van der Waals surface area contributed by atoms with Crippen molar-refractivity contribution in [2.24, 2.45) is 0 Å². The van der Waals surface area contributed by atoms with Crippen LogP contribution >= 0.6 is 57.4 Å². The third-order valence-electron chi connectivity index (χ3n) is 3.22. The van der Waals surface area contributed by atoms with Crippen LogP contribution in [0.3, 0.4) is 0 Å². The van der Waals surface area contributed by atoms with Crippen LogP contribution < -0.4 is 4.74 Å². The average Bonchev–Trinajstić information content (AvgIpc) is 2.92. The van der Waals surface area contributed by atoms with Gasteiger partial charge in [-0.3, -0.25) is 0 Å². The summed E-state index contributed by atoms with van der Waals surface area (Å²) >= 11 is 20.6. The summed E-state index contributed by atoms with van der Waals surface area (Å²) in [6, 6.07) is 5.07. The molecule has 2 aromatic rings. The summed E-state index contributed by atoms with van der Waals surface area (Å²) in [5.41, 5.74) is 0.527. The van der Waals surface area contributed by atoms with Crippen molar-refractivity contribution in [3.05, 3.63) is 42.5 Å². The van der Waals surface area contributed by atoms with Crippen molar-refractivity contribution in [2.75, 3.05) is 13.2 Å². The molecule has 1 aliphatic rings. The van der Waals surface area contributed by atoms with E-state index in [1.165, 1.54) is 0 Å². The molecular weight excluding hydrogens is 477 g/mol. The van der Waals surface area contributed by atoms with Gasteiger partial charge >= 0.3 is 0 Å². The molecule has 0 bridgehead atoms. The van der Waals surface area contributed by atoms with E-state index in [0.29, 0.717) is 34.6 Å². The zero-order chi connectivity index (χ0) is 16.6. The first-order valence-corrected chi connectivity index (χ1v) is 8.74. The van der Waals surface area contributed by atoms with Crippen LogP contribution in [-0.2, 0) is 15.3 Å². The Morgan fingerprint density at radius 1 is 1.09 bits per heavy atom. The topological polar surface area (TPSA) is 53.5 Å². The van der Waals surface area contributed by atoms with E-state index in [-0.39, 0.29) is 11.0 Å². The molecule has 0 saturated carbocycles. The third-order valence-corrected chi connectivity index (χ3v) is 4.69. The Hall–Kier alpha value is -0.380. The van der Waals surface area contributed by atoms with Gasteiger partial charge in [0.1, 0.15) is 0 Å². The molecule has 5 nitrogen and oxygen atoms in total. The summed E-state index contributed by atoms with van der Waals surface area (Å²) in [5, 5.41) is 8.72. The Kier molecular flexibility index (Phi) is 5.20. The summed E-state index contributed by atoms with van der Waals surface area (Å²) in [4.78, 5) is 0. The van der Waals surface area contributed by atoms with Crippen LogP contribution in [0.25, 0.3) is 0 Å². The molecular formula is C14H10Cl3IN2O3. The first-order valence-electron chi connectivity index (χ1n) is 6.53. The molecule has 1 aliphatic heterocycles. The van der Waals surface area contributed by atoms with E-state index >= 15 is 0 Å². The maximum absolute atomic E-state index is 6.17. The number of nitrogens with zero attached hydrogens (tertiary/aromatic N) is 2. The zero-order valence-electron chi connectivity index (χ0n) is 11.8. The maximum atomic E-state index is 6.17. The van der Waals surface area contributed by atoms with Gasteiger partial charge in [0, 0.05) is 9.64 Å². The predicted molar refractivity (Wildman–Crippen MR) is 95.6 cm³/mol. The Bertz CT molecular complexity index is 731. The summed E-state index contributed by atoms with van der Waals surface area (Å²) < 4.78 is 17.8. The van der Waals surface area contributed by atoms with Crippen molar-refractivity contribution in [2.45, 2.75) is 12.7 Å². The highest BCUT2D eigenvalue weighted by Gasteiger charge is 2.36. The zero-order valence-corrected chi connectivity index (χ0v) is 16.2. The van der Waals surface area contributed by atoms with Crippen LogP contribution in [0.2, 0.25) is 15.2 Å². The molecule has 23 heavy (non-hydrogen) atoms. The molecule has 0 radical (unpaired) electrons. The van der Waals surface area contributed by atoms with Crippen LogP contribution in [0.1, 0.15) is 12.5 Å². The summed E-state index contributed by atoms with van der Waals surface area (Å²) in [7, 11) is 0. The van der Waals surface area contributed by atoms with Crippen LogP contribution in [0.5, 0.6) is 11.6 Å². The molecule has 0 N–H and O–H groups in total. The van der Waals surface area contributed by atoms with Gasteiger partial charge in [-0.05, 0) is 41.6 Å². The van der Waals surface area contributed by atoms with Gasteiger partial charge in [-0.2, -0.15) is 0 Å². The minimum Gasteiger partial charge on any atom is -0.434 e. The van der Waals surface area contributed by atoms with Crippen molar-refractivity contribution in [3.63, 3.8) is 0 Å².